The van der Waals surface area contributed by atoms with Gasteiger partial charge in [-0.15, -0.1) is 0 Å². The van der Waals surface area contributed by atoms with Gasteiger partial charge in [-0.2, -0.15) is 0 Å². The van der Waals surface area contributed by atoms with Crippen molar-refractivity contribution in [1.82, 2.24) is 14.9 Å². The quantitative estimate of drug-likeness (QED) is 0.270. The van der Waals surface area contributed by atoms with Crippen LogP contribution in [0.1, 0.15) is 53.1 Å². The Morgan fingerprint density at radius 1 is 0.756 bits per heavy atom. The number of sulfone groups is 1. The minimum atomic E-state index is -2.87. The van der Waals surface area contributed by atoms with Crippen molar-refractivity contribution in [2.45, 2.75) is 32.6 Å². The molecule has 2 atom stereocenters. The lowest BCUT2D eigenvalue weighted by Crippen LogP contribution is -2.26. The van der Waals surface area contributed by atoms with Gasteiger partial charge in [0.15, 0.2) is 33.5 Å². The molecule has 3 aliphatic rings. The van der Waals surface area contributed by atoms with Gasteiger partial charge in [0.2, 0.25) is 0 Å². The highest BCUT2D eigenvalue weighted by Gasteiger charge is 2.25. The number of nitrogens with zero attached hydrogens (tertiary/aromatic N) is 3. The zero-order chi connectivity index (χ0) is 30.4. The average molecular weight is 632 g/mol. The first-order chi connectivity index (χ1) is 21.5. The van der Waals surface area contributed by atoms with Crippen molar-refractivity contribution in [2.75, 3.05) is 37.8 Å². The summed E-state index contributed by atoms with van der Waals surface area (Å²) in [6, 6.07) is 22.8. The first-order valence-corrected chi connectivity index (χ1v) is 16.3. The molecule has 5 heterocycles. The maximum Gasteiger partial charge on any atom is 0.257 e. The number of aldehydes is 1. The summed E-state index contributed by atoms with van der Waals surface area (Å²) in [5.74, 6) is 2.93. The van der Waals surface area contributed by atoms with Gasteiger partial charge in [0.05, 0.1) is 11.5 Å². The number of rotatable bonds is 5. The van der Waals surface area contributed by atoms with Gasteiger partial charge >= 0.3 is 0 Å². The van der Waals surface area contributed by atoms with Gasteiger partial charge in [0, 0.05) is 31.0 Å². The molecule has 1 saturated heterocycles. The topological polar surface area (TPSA) is 117 Å². The fourth-order valence-electron chi connectivity index (χ4n) is 5.18. The van der Waals surface area contributed by atoms with Crippen molar-refractivity contribution in [3.63, 3.8) is 0 Å². The molecule has 0 bridgehead atoms. The molecule has 3 aliphatic heterocycles. The van der Waals surface area contributed by atoms with Crippen LogP contribution in [0.15, 0.2) is 85.2 Å². The molecule has 2 aromatic carbocycles. The number of ether oxygens (including phenoxy) is 4. The monoisotopic (exact) mass is 631 g/mol. The number of fused-ring (bicyclic) bond motifs is 2. The molecule has 11 heteroatoms. The number of hydrogen-bond acceptors (Lipinski definition) is 10. The zero-order valence-corrected chi connectivity index (χ0v) is 24.9. The zero-order valence-electron chi connectivity index (χ0n) is 24.1. The van der Waals surface area contributed by atoms with E-state index in [1.807, 2.05) is 42.5 Å². The van der Waals surface area contributed by atoms with Gasteiger partial charge in [-0.3, -0.25) is 9.69 Å². The molecule has 7 rings (SSSR count). The molecule has 45 heavy (non-hydrogen) atoms. The predicted octanol–water partition coefficient (Wildman–Crippen LogP) is 5.26. The third kappa shape index (κ3) is 8.17. The standard InChI is InChI=1S/C19H22N2O4S.C14H11NO3.CH4/c22-26(23)11-2-9-21(10-12-26)13-15-4-6-16(7-5-15)18-14-24-17-3-1-8-20-19(17)25-18;16-8-10-3-5-11(6-4-10)13-9-17-12-2-1-7-15-14(12)18-13;/h1,3-8,18H,2,9-14H2;1-8,13H,9H2;1H4/t18-;13-;/m11./s1. The largest absolute Gasteiger partial charge is 0.484 e. The third-order valence-electron chi connectivity index (χ3n) is 7.61. The van der Waals surface area contributed by atoms with E-state index in [-0.39, 0.29) is 25.4 Å². The Balaban J connectivity index is 0.000000185. The van der Waals surface area contributed by atoms with Crippen LogP contribution in [0, 0.1) is 0 Å². The van der Waals surface area contributed by atoms with Crippen LogP contribution in [0.4, 0.5) is 0 Å². The van der Waals surface area contributed by atoms with E-state index in [4.69, 9.17) is 18.9 Å². The molecule has 0 spiro atoms. The Kier molecular flexibility index (Phi) is 10.3. The Bertz CT molecular complexity index is 1680. The van der Waals surface area contributed by atoms with Crippen molar-refractivity contribution < 1.29 is 32.2 Å². The normalized spacial score (nSPS) is 19.9. The van der Waals surface area contributed by atoms with Crippen LogP contribution in [0.2, 0.25) is 0 Å². The van der Waals surface area contributed by atoms with Crippen molar-refractivity contribution in [3.05, 3.63) is 107 Å². The summed E-state index contributed by atoms with van der Waals surface area (Å²) in [6.45, 7) is 3.10. The lowest BCUT2D eigenvalue weighted by molar-refractivity contribution is 0.0850. The van der Waals surface area contributed by atoms with Gasteiger partial charge in [-0.05, 0) is 53.9 Å². The smallest absolute Gasteiger partial charge is 0.257 e. The molecule has 236 valence electrons. The van der Waals surface area contributed by atoms with Gasteiger partial charge in [-0.25, -0.2) is 18.4 Å². The van der Waals surface area contributed by atoms with Crippen LogP contribution in [-0.4, -0.2) is 67.4 Å². The molecule has 10 nitrogen and oxygen atoms in total. The van der Waals surface area contributed by atoms with E-state index < -0.39 is 9.84 Å². The van der Waals surface area contributed by atoms with Crippen LogP contribution in [0.3, 0.4) is 0 Å². The van der Waals surface area contributed by atoms with Gasteiger partial charge in [-0.1, -0.05) is 56.0 Å². The highest BCUT2D eigenvalue weighted by molar-refractivity contribution is 7.91. The Labute approximate surface area is 263 Å². The van der Waals surface area contributed by atoms with Crippen molar-refractivity contribution in [1.29, 1.82) is 0 Å². The first kappa shape index (κ1) is 31.9. The maximum atomic E-state index is 11.7. The molecular weight excluding hydrogens is 594 g/mol. The SMILES string of the molecule is C.O=Cc1ccc([C@H]2COc3cccnc3O2)cc1.O=S1(=O)CCCN(Cc2ccc([C@H]3COc4cccnc4O3)cc2)CC1. The Hall–Kier alpha value is -4.48. The molecule has 1 fully saturated rings. The van der Waals surface area contributed by atoms with E-state index in [0.717, 1.165) is 30.5 Å². The van der Waals surface area contributed by atoms with E-state index >= 15 is 0 Å². The average Bonchev–Trinajstić information content (AvgIpc) is 3.24. The van der Waals surface area contributed by atoms with E-state index in [9.17, 15) is 13.2 Å². The molecule has 2 aromatic heterocycles. The molecule has 0 amide bonds. The summed E-state index contributed by atoms with van der Waals surface area (Å²) in [4.78, 5) is 21.1. The Morgan fingerprint density at radius 2 is 1.31 bits per heavy atom. The minimum absolute atomic E-state index is 0. The summed E-state index contributed by atoms with van der Waals surface area (Å²) >= 11 is 0. The second-order valence-corrected chi connectivity index (χ2v) is 13.1. The highest BCUT2D eigenvalue weighted by Crippen LogP contribution is 2.35. The van der Waals surface area contributed by atoms with Crippen molar-refractivity contribution in [3.8, 4) is 23.3 Å². The van der Waals surface area contributed by atoms with Gasteiger partial charge in [0.1, 0.15) is 19.5 Å². The molecule has 0 N–H and O–H groups in total. The maximum absolute atomic E-state index is 11.7. The van der Waals surface area contributed by atoms with Crippen LogP contribution >= 0.6 is 0 Å². The highest BCUT2D eigenvalue weighted by atomic mass is 32.2. The number of pyridine rings is 2. The van der Waals surface area contributed by atoms with Crippen molar-refractivity contribution in [2.24, 2.45) is 0 Å². The van der Waals surface area contributed by atoms with Crippen LogP contribution < -0.4 is 18.9 Å². The Morgan fingerprint density at radius 3 is 1.87 bits per heavy atom. The lowest BCUT2D eigenvalue weighted by Gasteiger charge is -2.26. The molecular formula is C34H37N3O7S. The molecule has 4 aromatic rings. The number of benzene rings is 2. The van der Waals surface area contributed by atoms with Crippen molar-refractivity contribution >= 4 is 16.1 Å². The fourth-order valence-corrected chi connectivity index (χ4v) is 6.49. The first-order valence-electron chi connectivity index (χ1n) is 14.5. The summed E-state index contributed by atoms with van der Waals surface area (Å²) in [5, 5.41) is 0. The van der Waals surface area contributed by atoms with E-state index in [1.54, 1.807) is 30.6 Å². The second kappa shape index (κ2) is 14.5. The van der Waals surface area contributed by atoms with E-state index in [2.05, 4.69) is 27.0 Å². The number of hydrogen-bond donors (Lipinski definition) is 0. The minimum Gasteiger partial charge on any atom is -0.484 e. The summed E-state index contributed by atoms with van der Waals surface area (Å²) in [5.41, 5.74) is 3.83. The number of carbonyl (C=O) groups is 1. The molecule has 0 unspecified atom stereocenters. The van der Waals surface area contributed by atoms with Gasteiger partial charge in [0.25, 0.3) is 11.8 Å². The number of aromatic nitrogens is 2. The summed E-state index contributed by atoms with van der Waals surface area (Å²) in [7, 11) is -2.87. The van der Waals surface area contributed by atoms with E-state index in [0.29, 0.717) is 60.8 Å². The predicted molar refractivity (Wildman–Crippen MR) is 170 cm³/mol. The fraction of sp³-hybridized carbons (Fsp3) is 0.324. The van der Waals surface area contributed by atoms with E-state index in [1.165, 1.54) is 5.56 Å². The summed E-state index contributed by atoms with van der Waals surface area (Å²) < 4.78 is 46.5. The van der Waals surface area contributed by atoms with Crippen LogP contribution in [-0.2, 0) is 16.4 Å². The second-order valence-electron chi connectivity index (χ2n) is 10.8. The third-order valence-corrected chi connectivity index (χ3v) is 9.33. The summed E-state index contributed by atoms with van der Waals surface area (Å²) in [6.07, 6.45) is 4.52. The van der Waals surface area contributed by atoms with Gasteiger partial charge < -0.3 is 18.9 Å². The molecule has 0 radical (unpaired) electrons. The molecule has 0 aliphatic carbocycles. The van der Waals surface area contributed by atoms with Crippen LogP contribution in [0.25, 0.3) is 0 Å². The lowest BCUT2D eigenvalue weighted by atomic mass is 10.1. The molecule has 0 saturated carbocycles. The number of carbonyl (C=O) groups excluding carboxylic acids is 1. The van der Waals surface area contributed by atoms with Crippen LogP contribution in [0.5, 0.6) is 23.3 Å².